The summed E-state index contributed by atoms with van der Waals surface area (Å²) in [6.07, 6.45) is 2.41. The Kier molecular flexibility index (Phi) is 6.75. The van der Waals surface area contributed by atoms with Crippen molar-refractivity contribution in [1.29, 1.82) is 0 Å². The van der Waals surface area contributed by atoms with E-state index >= 15 is 0 Å². The van der Waals surface area contributed by atoms with Gasteiger partial charge in [0.2, 0.25) is 0 Å². The summed E-state index contributed by atoms with van der Waals surface area (Å²) >= 11 is 0. The maximum absolute atomic E-state index is 3.59. The summed E-state index contributed by atoms with van der Waals surface area (Å²) < 4.78 is 0. The van der Waals surface area contributed by atoms with Crippen LogP contribution in [0.2, 0.25) is 0 Å². The second kappa shape index (κ2) is 7.83. The van der Waals surface area contributed by atoms with Gasteiger partial charge in [0.15, 0.2) is 0 Å². The highest BCUT2D eigenvalue weighted by Crippen LogP contribution is 2.23. The molecular formula is C19H33N. The third-order valence-corrected chi connectivity index (χ3v) is 3.89. The van der Waals surface area contributed by atoms with Crippen molar-refractivity contribution in [2.75, 3.05) is 13.1 Å². The number of nitrogens with one attached hydrogen (secondary N) is 1. The second-order valence-corrected chi connectivity index (χ2v) is 7.59. The highest BCUT2D eigenvalue weighted by Gasteiger charge is 2.17. The van der Waals surface area contributed by atoms with E-state index in [1.807, 2.05) is 0 Å². The second-order valence-electron chi connectivity index (χ2n) is 7.59. The van der Waals surface area contributed by atoms with E-state index in [0.717, 1.165) is 19.0 Å². The molecule has 0 aliphatic heterocycles. The van der Waals surface area contributed by atoms with Crippen LogP contribution < -0.4 is 5.32 Å². The number of hydrogen-bond acceptors (Lipinski definition) is 1. The van der Waals surface area contributed by atoms with E-state index in [4.69, 9.17) is 0 Å². The van der Waals surface area contributed by atoms with Crippen LogP contribution in [-0.4, -0.2) is 13.1 Å². The quantitative estimate of drug-likeness (QED) is 0.703. The van der Waals surface area contributed by atoms with Gasteiger partial charge in [0.25, 0.3) is 0 Å². The highest BCUT2D eigenvalue weighted by atomic mass is 14.9. The minimum absolute atomic E-state index is 0.367. The van der Waals surface area contributed by atoms with E-state index in [2.05, 4.69) is 71.1 Å². The van der Waals surface area contributed by atoms with E-state index in [1.165, 1.54) is 24.0 Å². The summed E-state index contributed by atoms with van der Waals surface area (Å²) in [4.78, 5) is 0. The summed E-state index contributed by atoms with van der Waals surface area (Å²) in [7, 11) is 0. The van der Waals surface area contributed by atoms with Crippen molar-refractivity contribution in [2.24, 2.45) is 11.3 Å². The summed E-state index contributed by atoms with van der Waals surface area (Å²) in [6, 6.07) is 9.16. The maximum atomic E-state index is 3.59. The van der Waals surface area contributed by atoms with Crippen LogP contribution in [0.25, 0.3) is 0 Å². The molecule has 0 unspecified atom stereocenters. The van der Waals surface area contributed by atoms with Crippen molar-refractivity contribution in [3.05, 3.63) is 35.4 Å². The Morgan fingerprint density at radius 2 is 1.60 bits per heavy atom. The summed E-state index contributed by atoms with van der Waals surface area (Å²) in [6.45, 7) is 16.0. The molecule has 0 saturated carbocycles. The Morgan fingerprint density at radius 1 is 1.00 bits per heavy atom. The molecule has 0 atom stereocenters. The fourth-order valence-corrected chi connectivity index (χ4v) is 2.34. The van der Waals surface area contributed by atoms with Crippen molar-refractivity contribution >= 4 is 0 Å². The van der Waals surface area contributed by atoms with Gasteiger partial charge in [0.1, 0.15) is 0 Å². The molecule has 1 aromatic carbocycles. The molecule has 1 nitrogen and oxygen atoms in total. The SMILES string of the molecule is CC(C)CNCC(C)(C)CCc1ccc(C(C)C)cc1. The zero-order chi connectivity index (χ0) is 15.2. The molecule has 1 aromatic rings. The predicted molar refractivity (Wildman–Crippen MR) is 90.3 cm³/mol. The largest absolute Gasteiger partial charge is 0.316 e. The van der Waals surface area contributed by atoms with Gasteiger partial charge in [-0.15, -0.1) is 0 Å². The van der Waals surface area contributed by atoms with Crippen LogP contribution in [0.15, 0.2) is 24.3 Å². The van der Waals surface area contributed by atoms with Crippen LogP contribution in [0.4, 0.5) is 0 Å². The smallest absolute Gasteiger partial charge is 0.000274 e. The lowest BCUT2D eigenvalue weighted by atomic mass is 9.86. The van der Waals surface area contributed by atoms with Crippen molar-refractivity contribution < 1.29 is 0 Å². The first-order valence-electron chi connectivity index (χ1n) is 8.10. The molecule has 0 saturated heterocycles. The molecule has 20 heavy (non-hydrogen) atoms. The van der Waals surface area contributed by atoms with Crippen molar-refractivity contribution in [2.45, 2.75) is 60.3 Å². The third-order valence-electron chi connectivity index (χ3n) is 3.89. The topological polar surface area (TPSA) is 12.0 Å². The minimum atomic E-state index is 0.367. The first-order valence-corrected chi connectivity index (χ1v) is 8.10. The molecule has 0 aromatic heterocycles. The Labute approximate surface area is 126 Å². The van der Waals surface area contributed by atoms with E-state index in [9.17, 15) is 0 Å². The van der Waals surface area contributed by atoms with Crippen LogP contribution >= 0.6 is 0 Å². The van der Waals surface area contributed by atoms with Crippen LogP contribution in [0.5, 0.6) is 0 Å². The Bertz CT molecular complexity index is 373. The Morgan fingerprint density at radius 3 is 2.10 bits per heavy atom. The number of hydrogen-bond donors (Lipinski definition) is 1. The van der Waals surface area contributed by atoms with Gasteiger partial charge in [-0.05, 0) is 47.8 Å². The van der Waals surface area contributed by atoms with Gasteiger partial charge in [-0.1, -0.05) is 65.8 Å². The summed E-state index contributed by atoms with van der Waals surface area (Å²) in [5, 5.41) is 3.59. The van der Waals surface area contributed by atoms with Crippen molar-refractivity contribution in [3.8, 4) is 0 Å². The van der Waals surface area contributed by atoms with Gasteiger partial charge in [-0.25, -0.2) is 0 Å². The first-order chi connectivity index (χ1) is 9.30. The Hall–Kier alpha value is -0.820. The van der Waals surface area contributed by atoms with E-state index in [-0.39, 0.29) is 0 Å². The molecule has 0 aliphatic carbocycles. The van der Waals surface area contributed by atoms with E-state index < -0.39 is 0 Å². The Balaban J connectivity index is 2.40. The maximum Gasteiger partial charge on any atom is 0.000274 e. The number of aryl methyl sites for hydroxylation is 1. The molecule has 0 spiro atoms. The number of rotatable bonds is 8. The van der Waals surface area contributed by atoms with Gasteiger partial charge < -0.3 is 5.32 Å². The summed E-state index contributed by atoms with van der Waals surface area (Å²) in [5.41, 5.74) is 3.27. The van der Waals surface area contributed by atoms with Crippen LogP contribution in [0.1, 0.15) is 65.0 Å². The fraction of sp³-hybridized carbons (Fsp3) is 0.684. The van der Waals surface area contributed by atoms with Crippen LogP contribution in [-0.2, 0) is 6.42 Å². The average Bonchev–Trinajstić information content (AvgIpc) is 2.36. The van der Waals surface area contributed by atoms with Crippen LogP contribution in [0.3, 0.4) is 0 Å². The van der Waals surface area contributed by atoms with Crippen LogP contribution in [0, 0.1) is 11.3 Å². The molecule has 1 rings (SSSR count). The average molecular weight is 275 g/mol. The zero-order valence-electron chi connectivity index (χ0n) is 14.3. The molecule has 0 fully saturated rings. The van der Waals surface area contributed by atoms with E-state index in [1.54, 1.807) is 0 Å². The normalized spacial score (nSPS) is 12.4. The molecule has 114 valence electrons. The standard InChI is InChI=1S/C19H33N/c1-15(2)13-20-14-19(5,6)12-11-17-7-9-18(10-8-17)16(3)4/h7-10,15-16,20H,11-14H2,1-6H3. The third kappa shape index (κ3) is 6.56. The monoisotopic (exact) mass is 275 g/mol. The highest BCUT2D eigenvalue weighted by molar-refractivity contribution is 5.24. The molecule has 0 bridgehead atoms. The molecule has 0 aliphatic rings. The first kappa shape index (κ1) is 17.2. The van der Waals surface area contributed by atoms with Crippen molar-refractivity contribution in [1.82, 2.24) is 5.32 Å². The lowest BCUT2D eigenvalue weighted by Crippen LogP contribution is -2.32. The predicted octanol–water partition coefficient (Wildman–Crippen LogP) is 5.01. The molecular weight excluding hydrogens is 242 g/mol. The van der Waals surface area contributed by atoms with E-state index in [0.29, 0.717) is 11.3 Å². The summed E-state index contributed by atoms with van der Waals surface area (Å²) in [5.74, 6) is 1.36. The molecule has 1 N–H and O–H groups in total. The molecule has 0 radical (unpaired) electrons. The van der Waals surface area contributed by atoms with Gasteiger partial charge in [0.05, 0.1) is 0 Å². The molecule has 0 amide bonds. The van der Waals surface area contributed by atoms with Gasteiger partial charge in [-0.3, -0.25) is 0 Å². The van der Waals surface area contributed by atoms with Crippen molar-refractivity contribution in [3.63, 3.8) is 0 Å². The lowest BCUT2D eigenvalue weighted by Gasteiger charge is -2.25. The molecule has 0 heterocycles. The molecule has 1 heteroatoms. The lowest BCUT2D eigenvalue weighted by molar-refractivity contribution is 0.308. The van der Waals surface area contributed by atoms with Gasteiger partial charge >= 0.3 is 0 Å². The van der Waals surface area contributed by atoms with Gasteiger partial charge in [0, 0.05) is 6.54 Å². The zero-order valence-corrected chi connectivity index (χ0v) is 14.3. The fourth-order valence-electron chi connectivity index (χ4n) is 2.34. The number of benzene rings is 1. The minimum Gasteiger partial charge on any atom is -0.316 e. The van der Waals surface area contributed by atoms with Gasteiger partial charge in [-0.2, -0.15) is 0 Å².